The number of hydrogen-bond acceptors (Lipinski definition) is 4. The van der Waals surface area contributed by atoms with E-state index in [0.717, 1.165) is 13.0 Å². The van der Waals surface area contributed by atoms with Crippen molar-refractivity contribution in [3.05, 3.63) is 0 Å². The number of carbonyl (C=O) groups is 1. The first-order chi connectivity index (χ1) is 7.57. The number of aliphatic hydroxyl groups is 1. The molecule has 2 N–H and O–H groups in total. The maximum absolute atomic E-state index is 11.7. The summed E-state index contributed by atoms with van der Waals surface area (Å²) in [4.78, 5) is 13.3. The quantitative estimate of drug-likeness (QED) is 0.609. The fourth-order valence-electron chi connectivity index (χ4n) is 1.95. The maximum Gasteiger partial charge on any atom is 0.222 e. The first-order valence-electron chi connectivity index (χ1n) is 5.73. The molecule has 16 heavy (non-hydrogen) atoms. The van der Waals surface area contributed by atoms with Gasteiger partial charge in [-0.25, -0.2) is 0 Å². The lowest BCUT2D eigenvalue weighted by atomic mass is 10.0. The molecule has 1 heterocycles. The number of methoxy groups -OCH3 is 1. The van der Waals surface area contributed by atoms with Crippen molar-refractivity contribution in [2.75, 3.05) is 40.4 Å². The van der Waals surface area contributed by atoms with E-state index in [-0.39, 0.29) is 5.91 Å². The smallest absolute Gasteiger partial charge is 0.222 e. The second-order valence-corrected chi connectivity index (χ2v) is 4.50. The molecule has 1 saturated heterocycles. The molecule has 1 aliphatic heterocycles. The number of carbonyl (C=O) groups excluding carboxylic acids is 1. The number of β-amino-alcohol motifs (C(OH)–C–C–N with tert-alkyl or cyclic N) is 1. The molecular weight excluding hydrogens is 208 g/mol. The maximum atomic E-state index is 11.7. The van der Waals surface area contributed by atoms with Gasteiger partial charge in [-0.3, -0.25) is 4.79 Å². The molecule has 0 radical (unpaired) electrons. The van der Waals surface area contributed by atoms with Crippen LogP contribution in [0.3, 0.4) is 0 Å². The van der Waals surface area contributed by atoms with Gasteiger partial charge in [0, 0.05) is 33.7 Å². The van der Waals surface area contributed by atoms with Crippen molar-refractivity contribution < 1.29 is 14.6 Å². The third-order valence-corrected chi connectivity index (χ3v) is 2.92. The van der Waals surface area contributed by atoms with Crippen molar-refractivity contribution >= 4 is 5.91 Å². The van der Waals surface area contributed by atoms with E-state index >= 15 is 0 Å². The second-order valence-electron chi connectivity index (χ2n) is 4.50. The Labute approximate surface area is 96.8 Å². The molecule has 0 aromatic carbocycles. The highest BCUT2D eigenvalue weighted by molar-refractivity contribution is 5.75. The van der Waals surface area contributed by atoms with Crippen LogP contribution in [0.4, 0.5) is 0 Å². The summed E-state index contributed by atoms with van der Waals surface area (Å²) in [6.07, 6.45) is 1.92. The number of nitrogens with zero attached hydrogens (tertiary/aromatic N) is 1. The van der Waals surface area contributed by atoms with Crippen LogP contribution in [0.2, 0.25) is 0 Å². The predicted octanol–water partition coefficient (Wildman–Crippen LogP) is -0.404. The Balaban J connectivity index is 2.27. The lowest BCUT2D eigenvalue weighted by Crippen LogP contribution is -2.45. The molecule has 5 nitrogen and oxygen atoms in total. The van der Waals surface area contributed by atoms with E-state index in [9.17, 15) is 9.90 Å². The second kappa shape index (κ2) is 6.18. The summed E-state index contributed by atoms with van der Waals surface area (Å²) in [6.45, 7) is 2.40. The van der Waals surface area contributed by atoms with Crippen LogP contribution in [0.1, 0.15) is 19.3 Å². The molecule has 1 unspecified atom stereocenters. The summed E-state index contributed by atoms with van der Waals surface area (Å²) >= 11 is 0. The van der Waals surface area contributed by atoms with Gasteiger partial charge >= 0.3 is 0 Å². The first kappa shape index (κ1) is 13.4. The van der Waals surface area contributed by atoms with Crippen molar-refractivity contribution in [3.63, 3.8) is 0 Å². The van der Waals surface area contributed by atoms with Crippen LogP contribution >= 0.6 is 0 Å². The van der Waals surface area contributed by atoms with E-state index in [2.05, 4.69) is 5.32 Å². The molecule has 1 amide bonds. The Morgan fingerprint density at radius 2 is 2.38 bits per heavy atom. The zero-order valence-electron chi connectivity index (χ0n) is 10.2. The van der Waals surface area contributed by atoms with Gasteiger partial charge in [-0.15, -0.1) is 0 Å². The number of nitrogens with one attached hydrogen (secondary N) is 1. The van der Waals surface area contributed by atoms with E-state index < -0.39 is 5.60 Å². The number of amides is 1. The summed E-state index contributed by atoms with van der Waals surface area (Å²) in [5.74, 6) is 0.0670. The number of hydrogen-bond donors (Lipinski definition) is 2. The lowest BCUT2D eigenvalue weighted by molar-refractivity contribution is -0.133. The fraction of sp³-hybridized carbons (Fsp3) is 0.909. The highest BCUT2D eigenvalue weighted by Gasteiger charge is 2.33. The molecule has 1 aliphatic rings. The van der Waals surface area contributed by atoms with E-state index in [1.807, 2.05) is 0 Å². The van der Waals surface area contributed by atoms with Gasteiger partial charge in [-0.05, 0) is 19.4 Å². The number of likely N-dealkylation sites (N-methyl/N-ethyl adjacent to an activating group) is 1. The van der Waals surface area contributed by atoms with Gasteiger partial charge in [0.25, 0.3) is 0 Å². The first-order valence-corrected chi connectivity index (χ1v) is 5.73. The molecule has 0 spiro atoms. The Morgan fingerprint density at radius 3 is 2.94 bits per heavy atom. The topological polar surface area (TPSA) is 61.8 Å². The predicted molar refractivity (Wildman–Crippen MR) is 61.2 cm³/mol. The minimum absolute atomic E-state index is 0.0670. The van der Waals surface area contributed by atoms with Crippen molar-refractivity contribution in [2.45, 2.75) is 24.9 Å². The van der Waals surface area contributed by atoms with E-state index in [1.54, 1.807) is 19.1 Å². The SMILES string of the molecule is COCCCC(=O)N(C)CC1(O)CCNC1. The molecular formula is C11H22N2O3. The van der Waals surface area contributed by atoms with E-state index in [1.165, 1.54) is 0 Å². The number of rotatable bonds is 6. The van der Waals surface area contributed by atoms with Gasteiger partial charge in [0.05, 0.1) is 12.1 Å². The van der Waals surface area contributed by atoms with Gasteiger partial charge in [-0.2, -0.15) is 0 Å². The van der Waals surface area contributed by atoms with Crippen LogP contribution in [0, 0.1) is 0 Å². The summed E-state index contributed by atoms with van der Waals surface area (Å²) in [7, 11) is 3.37. The van der Waals surface area contributed by atoms with Crippen molar-refractivity contribution in [2.24, 2.45) is 0 Å². The minimum atomic E-state index is -0.744. The van der Waals surface area contributed by atoms with Crippen molar-refractivity contribution in [3.8, 4) is 0 Å². The molecule has 0 bridgehead atoms. The van der Waals surface area contributed by atoms with E-state index in [4.69, 9.17) is 4.74 Å². The monoisotopic (exact) mass is 230 g/mol. The molecule has 1 fully saturated rings. The zero-order valence-corrected chi connectivity index (χ0v) is 10.2. The van der Waals surface area contributed by atoms with Crippen molar-refractivity contribution in [1.82, 2.24) is 10.2 Å². The van der Waals surface area contributed by atoms with Crippen LogP contribution < -0.4 is 5.32 Å². The van der Waals surface area contributed by atoms with Gasteiger partial charge in [0.2, 0.25) is 5.91 Å². The third-order valence-electron chi connectivity index (χ3n) is 2.92. The van der Waals surface area contributed by atoms with Crippen LogP contribution in [-0.2, 0) is 9.53 Å². The standard InChI is InChI=1S/C11H22N2O3/c1-13(10(14)4-3-7-16-2)9-11(15)5-6-12-8-11/h12,15H,3-9H2,1-2H3. The number of ether oxygens (including phenoxy) is 1. The van der Waals surface area contributed by atoms with Crippen LogP contribution in [-0.4, -0.2) is 61.9 Å². The molecule has 0 aromatic rings. The average molecular weight is 230 g/mol. The largest absolute Gasteiger partial charge is 0.387 e. The highest BCUT2D eigenvalue weighted by atomic mass is 16.5. The Bertz CT molecular complexity index is 227. The Hall–Kier alpha value is -0.650. The summed E-state index contributed by atoms with van der Waals surface area (Å²) in [6, 6.07) is 0. The normalized spacial score (nSPS) is 24.7. The Morgan fingerprint density at radius 1 is 1.62 bits per heavy atom. The van der Waals surface area contributed by atoms with Crippen molar-refractivity contribution in [1.29, 1.82) is 0 Å². The molecule has 0 aromatic heterocycles. The van der Waals surface area contributed by atoms with Gasteiger partial charge in [-0.1, -0.05) is 0 Å². The summed E-state index contributed by atoms with van der Waals surface area (Å²) < 4.78 is 4.90. The Kier molecular flexibility index (Phi) is 5.18. The minimum Gasteiger partial charge on any atom is -0.387 e. The molecule has 5 heteroatoms. The molecule has 94 valence electrons. The van der Waals surface area contributed by atoms with Gasteiger partial charge < -0.3 is 20.1 Å². The van der Waals surface area contributed by atoms with Crippen LogP contribution in [0.5, 0.6) is 0 Å². The van der Waals surface area contributed by atoms with Gasteiger partial charge in [0.15, 0.2) is 0 Å². The third kappa shape index (κ3) is 4.08. The lowest BCUT2D eigenvalue weighted by Gasteiger charge is -2.28. The van der Waals surface area contributed by atoms with Gasteiger partial charge in [0.1, 0.15) is 0 Å². The molecule has 0 aliphatic carbocycles. The zero-order chi connectivity index (χ0) is 12.0. The molecule has 0 saturated carbocycles. The van der Waals surface area contributed by atoms with Crippen LogP contribution in [0.25, 0.3) is 0 Å². The van der Waals surface area contributed by atoms with Crippen LogP contribution in [0.15, 0.2) is 0 Å². The summed E-state index contributed by atoms with van der Waals surface area (Å²) in [5.41, 5.74) is -0.744. The summed E-state index contributed by atoms with van der Waals surface area (Å²) in [5, 5.41) is 13.2. The fourth-order valence-corrected chi connectivity index (χ4v) is 1.95. The molecule has 1 rings (SSSR count). The van der Waals surface area contributed by atoms with E-state index in [0.29, 0.717) is 32.5 Å². The highest BCUT2D eigenvalue weighted by Crippen LogP contribution is 2.15. The molecule has 1 atom stereocenters. The average Bonchev–Trinajstić information content (AvgIpc) is 2.65.